The lowest BCUT2D eigenvalue weighted by molar-refractivity contribution is -0.164. The first-order valence-electron chi connectivity index (χ1n) is 8.67. The van der Waals surface area contributed by atoms with Gasteiger partial charge in [-0.2, -0.15) is 0 Å². The zero-order chi connectivity index (χ0) is 19.0. The van der Waals surface area contributed by atoms with E-state index in [2.05, 4.69) is 17.3 Å². The Kier molecular flexibility index (Phi) is 4.57. The van der Waals surface area contributed by atoms with Crippen LogP contribution in [0.1, 0.15) is 18.9 Å². The van der Waals surface area contributed by atoms with Crippen molar-refractivity contribution in [3.8, 4) is 0 Å². The van der Waals surface area contributed by atoms with E-state index in [1.807, 2.05) is 49.4 Å². The Balaban J connectivity index is 1.58. The fraction of sp³-hybridized carbons (Fsp3) is 0.300. The maximum atomic E-state index is 11.8. The van der Waals surface area contributed by atoms with Crippen molar-refractivity contribution in [2.24, 2.45) is 5.16 Å². The van der Waals surface area contributed by atoms with Crippen LogP contribution in [0, 0.1) is 0 Å². The number of rotatable bonds is 3. The molecule has 1 N–H and O–H groups in total. The Bertz CT molecular complexity index is 871. The highest BCUT2D eigenvalue weighted by Gasteiger charge is 2.52. The van der Waals surface area contributed by atoms with Crippen LogP contribution in [0.25, 0.3) is 0 Å². The van der Waals surface area contributed by atoms with Gasteiger partial charge in [-0.25, -0.2) is 4.79 Å². The van der Waals surface area contributed by atoms with Crippen molar-refractivity contribution < 1.29 is 19.5 Å². The normalized spacial score (nSPS) is 28.9. The summed E-state index contributed by atoms with van der Waals surface area (Å²) >= 11 is 1.67. The van der Waals surface area contributed by atoms with Gasteiger partial charge in [-0.05, 0) is 36.8 Å². The molecule has 2 aliphatic heterocycles. The van der Waals surface area contributed by atoms with E-state index in [4.69, 9.17) is 9.47 Å². The quantitative estimate of drug-likeness (QED) is 0.638. The maximum Gasteiger partial charge on any atom is 0.412 e. The number of benzene rings is 2. The Labute approximate surface area is 161 Å². The third-order valence-corrected chi connectivity index (χ3v) is 6.14. The molecule has 2 heterocycles. The number of carbonyl (C=O) groups is 1. The van der Waals surface area contributed by atoms with Gasteiger partial charge in [-0.3, -0.25) is 0 Å². The van der Waals surface area contributed by atoms with Crippen LogP contribution in [0.15, 0.2) is 69.5 Å². The predicted octanol–water partition coefficient (Wildman–Crippen LogP) is 4.08. The van der Waals surface area contributed by atoms with Crippen molar-refractivity contribution in [2.45, 2.75) is 41.1 Å². The number of hydrogen-bond donors (Lipinski definition) is 1. The molecular weight excluding hydrogens is 364 g/mol. The lowest BCUT2D eigenvalue weighted by atomic mass is 9.84. The minimum absolute atomic E-state index is 0.288. The van der Waals surface area contributed by atoms with Gasteiger partial charge in [0, 0.05) is 23.3 Å². The smallest absolute Gasteiger partial charge is 0.412 e. The number of fused-ring (bicyclic) bond motifs is 1. The Morgan fingerprint density at radius 2 is 1.81 bits per heavy atom. The Morgan fingerprint density at radius 3 is 2.48 bits per heavy atom. The van der Waals surface area contributed by atoms with Gasteiger partial charge in [0.25, 0.3) is 0 Å². The van der Waals surface area contributed by atoms with Crippen molar-refractivity contribution in [1.29, 1.82) is 0 Å². The zero-order valence-electron chi connectivity index (χ0n) is 15.0. The van der Waals surface area contributed by atoms with Crippen LogP contribution in [0.2, 0.25) is 0 Å². The van der Waals surface area contributed by atoms with Gasteiger partial charge in [-0.1, -0.05) is 47.2 Å². The third kappa shape index (κ3) is 3.17. The van der Waals surface area contributed by atoms with Crippen molar-refractivity contribution in [1.82, 2.24) is 4.90 Å². The maximum absolute atomic E-state index is 11.8. The topological polar surface area (TPSA) is 71.4 Å². The summed E-state index contributed by atoms with van der Waals surface area (Å²) in [5.74, 6) is 0. The molecule has 0 unspecified atom stereocenters. The molecular formula is C20H20N2O4S. The lowest BCUT2D eigenvalue weighted by Gasteiger charge is -2.40. The highest BCUT2D eigenvalue weighted by Crippen LogP contribution is 2.40. The molecule has 0 radical (unpaired) electrons. The molecule has 2 fully saturated rings. The van der Waals surface area contributed by atoms with Gasteiger partial charge in [0.05, 0.1) is 5.71 Å². The van der Waals surface area contributed by atoms with E-state index in [1.54, 1.807) is 18.8 Å². The van der Waals surface area contributed by atoms with Crippen molar-refractivity contribution >= 4 is 23.6 Å². The number of carbonyl (C=O) groups excluding carboxylic acids is 1. The van der Waals surface area contributed by atoms with Crippen LogP contribution in [0.3, 0.4) is 0 Å². The molecule has 0 aromatic heterocycles. The molecule has 3 atom stereocenters. The number of hydrogen-bond acceptors (Lipinski definition) is 6. The molecule has 140 valence electrons. The van der Waals surface area contributed by atoms with Gasteiger partial charge in [0.15, 0.2) is 0 Å². The van der Waals surface area contributed by atoms with E-state index < -0.39 is 18.0 Å². The summed E-state index contributed by atoms with van der Waals surface area (Å²) in [4.78, 5) is 15.6. The number of nitrogens with zero attached hydrogens (tertiary/aromatic N) is 2. The van der Waals surface area contributed by atoms with E-state index in [-0.39, 0.29) is 6.04 Å². The molecule has 2 aliphatic rings. The van der Waals surface area contributed by atoms with Crippen LogP contribution >= 0.6 is 11.8 Å². The average molecular weight is 384 g/mol. The van der Waals surface area contributed by atoms with Crippen LogP contribution in [-0.2, 0) is 15.1 Å². The van der Waals surface area contributed by atoms with Gasteiger partial charge in [0.2, 0.25) is 6.29 Å². The minimum atomic E-state index is -0.961. The molecule has 1 amide bonds. The molecule has 0 aliphatic carbocycles. The molecule has 4 rings (SSSR count). The SMILES string of the molecule is CN1C(=O)O[C@H]2O[C@@](C)(c3ccc(Sc4ccccc4)cc3)/C(=N/O)C[C@H]21. The summed E-state index contributed by atoms with van der Waals surface area (Å²) in [6.07, 6.45) is -0.724. The van der Waals surface area contributed by atoms with Gasteiger partial charge < -0.3 is 19.6 Å². The molecule has 27 heavy (non-hydrogen) atoms. The van der Waals surface area contributed by atoms with Gasteiger partial charge >= 0.3 is 6.09 Å². The number of ether oxygens (including phenoxy) is 2. The largest absolute Gasteiger partial charge is 0.417 e. The second-order valence-corrected chi connectivity index (χ2v) is 7.92. The first kappa shape index (κ1) is 17.9. The highest BCUT2D eigenvalue weighted by atomic mass is 32.2. The lowest BCUT2D eigenvalue weighted by Crippen LogP contribution is -2.51. The number of likely N-dealkylation sites (N-methyl/N-ethyl adjacent to an activating group) is 1. The van der Waals surface area contributed by atoms with Gasteiger partial charge in [-0.15, -0.1) is 0 Å². The van der Waals surface area contributed by atoms with Crippen LogP contribution in [0.4, 0.5) is 4.79 Å². The average Bonchev–Trinajstić information content (AvgIpc) is 2.95. The van der Waals surface area contributed by atoms with Crippen molar-refractivity contribution in [3.05, 3.63) is 60.2 Å². The molecule has 6 nitrogen and oxygen atoms in total. The van der Waals surface area contributed by atoms with Crippen LogP contribution in [0.5, 0.6) is 0 Å². The van der Waals surface area contributed by atoms with E-state index >= 15 is 0 Å². The van der Waals surface area contributed by atoms with Crippen LogP contribution < -0.4 is 0 Å². The fourth-order valence-corrected chi connectivity index (χ4v) is 4.28. The van der Waals surface area contributed by atoms with E-state index in [0.717, 1.165) is 15.4 Å². The second-order valence-electron chi connectivity index (χ2n) is 6.77. The first-order chi connectivity index (χ1) is 13.0. The Morgan fingerprint density at radius 1 is 1.15 bits per heavy atom. The second kappa shape index (κ2) is 6.90. The summed E-state index contributed by atoms with van der Waals surface area (Å²) in [5.41, 5.74) is 0.353. The summed E-state index contributed by atoms with van der Waals surface area (Å²) in [6, 6.07) is 17.8. The standard InChI is InChI=1S/C20H20N2O4S/c1-20(17(21-24)12-16-18(26-20)25-19(23)22(16)2)13-8-10-15(11-9-13)27-14-6-4-3-5-7-14/h3-11,16,18,24H,12H2,1-2H3/b21-17+/t16-,18+,20+/m1/s1. The zero-order valence-corrected chi connectivity index (χ0v) is 15.8. The summed E-state index contributed by atoms with van der Waals surface area (Å²) in [7, 11) is 1.66. The Hall–Kier alpha value is -2.51. The third-order valence-electron chi connectivity index (χ3n) is 5.13. The predicted molar refractivity (Wildman–Crippen MR) is 101 cm³/mol. The molecule has 0 bridgehead atoms. The molecule has 0 spiro atoms. The van der Waals surface area contributed by atoms with Gasteiger partial charge in [0.1, 0.15) is 11.6 Å². The molecule has 2 aromatic carbocycles. The number of oxime groups is 1. The van der Waals surface area contributed by atoms with E-state index in [1.165, 1.54) is 4.90 Å². The molecule has 2 saturated heterocycles. The number of amides is 1. The summed E-state index contributed by atoms with van der Waals surface area (Å²) in [5, 5.41) is 13.0. The van der Waals surface area contributed by atoms with E-state index in [9.17, 15) is 10.0 Å². The summed E-state index contributed by atoms with van der Waals surface area (Å²) < 4.78 is 11.4. The first-order valence-corrected chi connectivity index (χ1v) is 9.49. The van der Waals surface area contributed by atoms with Crippen LogP contribution in [-0.4, -0.2) is 41.3 Å². The van der Waals surface area contributed by atoms with Crippen molar-refractivity contribution in [3.63, 3.8) is 0 Å². The van der Waals surface area contributed by atoms with Crippen molar-refractivity contribution in [2.75, 3.05) is 7.05 Å². The minimum Gasteiger partial charge on any atom is -0.417 e. The molecule has 2 aromatic rings. The van der Waals surface area contributed by atoms with E-state index in [0.29, 0.717) is 12.1 Å². The molecule has 7 heteroatoms. The fourth-order valence-electron chi connectivity index (χ4n) is 3.44. The monoisotopic (exact) mass is 384 g/mol. The highest BCUT2D eigenvalue weighted by molar-refractivity contribution is 7.99. The molecule has 0 saturated carbocycles. The summed E-state index contributed by atoms with van der Waals surface area (Å²) in [6.45, 7) is 1.84.